The molecule has 8 nitrogen and oxygen atoms in total. The van der Waals surface area contributed by atoms with Crippen molar-refractivity contribution in [1.29, 1.82) is 5.53 Å². The lowest BCUT2D eigenvalue weighted by atomic mass is 9.94. The third kappa shape index (κ3) is 2.64. The van der Waals surface area contributed by atoms with Gasteiger partial charge in [0.15, 0.2) is 6.29 Å². The van der Waals surface area contributed by atoms with E-state index >= 15 is 0 Å². The van der Waals surface area contributed by atoms with E-state index in [4.69, 9.17) is 10.3 Å². The molecule has 1 unspecified atom stereocenters. The summed E-state index contributed by atoms with van der Waals surface area (Å²) in [6.45, 7) is 5.84. The highest BCUT2D eigenvalue weighted by Gasteiger charge is 2.45. The number of nitrogens with one attached hydrogen (secondary N) is 3. The smallest absolute Gasteiger partial charge is 0.362 e. The normalized spacial score (nSPS) is 27.5. The molecule has 2 amide bonds. The van der Waals surface area contributed by atoms with E-state index < -0.39 is 11.6 Å². The number of fused-ring (bicyclic) bond motifs is 1. The van der Waals surface area contributed by atoms with Gasteiger partial charge in [0.05, 0.1) is 17.8 Å². The molecule has 3 rings (SSSR count). The predicted molar refractivity (Wildman–Crippen MR) is 80.7 cm³/mol. The van der Waals surface area contributed by atoms with E-state index in [-0.39, 0.29) is 6.29 Å². The molecular weight excluding hydrogens is 284 g/mol. The van der Waals surface area contributed by atoms with Crippen LogP contribution in [0.25, 0.3) is 0 Å². The molecule has 0 aromatic rings. The molecule has 3 aliphatic rings. The lowest BCUT2D eigenvalue weighted by Crippen LogP contribution is -2.49. The van der Waals surface area contributed by atoms with Gasteiger partial charge in [0.25, 0.3) is 0 Å². The number of aliphatic imine (C=N–C) groups is 1. The second-order valence-corrected chi connectivity index (χ2v) is 6.30. The number of amides is 2. The summed E-state index contributed by atoms with van der Waals surface area (Å²) >= 11 is 0. The van der Waals surface area contributed by atoms with Gasteiger partial charge in [0.2, 0.25) is 0 Å². The van der Waals surface area contributed by atoms with Crippen LogP contribution in [0.4, 0.5) is 4.79 Å². The van der Waals surface area contributed by atoms with Crippen LogP contribution in [0.5, 0.6) is 0 Å². The molecule has 2 saturated heterocycles. The first-order valence-electron chi connectivity index (χ1n) is 7.59. The number of nitrogens with zero attached hydrogens (tertiary/aromatic N) is 3. The van der Waals surface area contributed by atoms with Crippen LogP contribution in [0.15, 0.2) is 21.9 Å². The van der Waals surface area contributed by atoms with Crippen molar-refractivity contribution in [3.8, 4) is 0 Å². The second kappa shape index (κ2) is 5.77. The summed E-state index contributed by atoms with van der Waals surface area (Å²) in [7, 11) is 0. The topological polar surface area (TPSA) is 102 Å². The van der Waals surface area contributed by atoms with E-state index in [1.165, 1.54) is 0 Å². The zero-order chi connectivity index (χ0) is 15.7. The van der Waals surface area contributed by atoms with Gasteiger partial charge < -0.3 is 15.0 Å². The average Bonchev–Trinajstić information content (AvgIpc) is 2.78. The molecule has 0 aromatic carbocycles. The Hall–Kier alpha value is -1.80. The standard InChI is InChI=1S/C14H22N6O2/c1-14(2)10-7-16-12(17-9-3-5-22-6-4-9)18-11(10)8-20(14)13(21)19-15/h7,9,12,15-17H,3-6,8H2,1-2H3. The van der Waals surface area contributed by atoms with Crippen molar-refractivity contribution in [3.63, 3.8) is 0 Å². The van der Waals surface area contributed by atoms with E-state index in [9.17, 15) is 4.79 Å². The molecule has 0 radical (unpaired) electrons. The number of carbonyl (C=O) groups excluding carboxylic acids is 1. The molecule has 3 heterocycles. The van der Waals surface area contributed by atoms with Crippen molar-refractivity contribution in [3.05, 3.63) is 11.8 Å². The highest BCUT2D eigenvalue weighted by atomic mass is 16.5. The third-order valence-corrected chi connectivity index (χ3v) is 4.56. The maximum absolute atomic E-state index is 11.8. The van der Waals surface area contributed by atoms with Crippen LogP contribution >= 0.6 is 0 Å². The summed E-state index contributed by atoms with van der Waals surface area (Å²) < 4.78 is 5.36. The summed E-state index contributed by atoms with van der Waals surface area (Å²) in [4.78, 5) is 18.1. The Morgan fingerprint density at radius 3 is 2.95 bits per heavy atom. The Labute approximate surface area is 129 Å². The van der Waals surface area contributed by atoms with Gasteiger partial charge in [-0.3, -0.25) is 5.32 Å². The minimum Gasteiger partial charge on any atom is -0.381 e. The Morgan fingerprint density at radius 1 is 1.55 bits per heavy atom. The minimum absolute atomic E-state index is 0.180. The molecule has 0 bridgehead atoms. The van der Waals surface area contributed by atoms with E-state index in [0.717, 1.165) is 37.3 Å². The molecule has 3 aliphatic heterocycles. The van der Waals surface area contributed by atoms with Crippen LogP contribution in [0.2, 0.25) is 0 Å². The van der Waals surface area contributed by atoms with Crippen LogP contribution < -0.4 is 10.6 Å². The van der Waals surface area contributed by atoms with Crippen LogP contribution in [0, 0.1) is 5.53 Å². The summed E-state index contributed by atoms with van der Waals surface area (Å²) in [6.07, 6.45) is 3.71. The molecule has 0 aromatic heterocycles. The Kier molecular flexibility index (Phi) is 3.96. The fourth-order valence-corrected chi connectivity index (χ4v) is 3.20. The molecule has 0 saturated carbocycles. The van der Waals surface area contributed by atoms with Gasteiger partial charge >= 0.3 is 6.03 Å². The quantitative estimate of drug-likeness (QED) is 0.667. The zero-order valence-corrected chi connectivity index (χ0v) is 12.9. The molecule has 120 valence electrons. The summed E-state index contributed by atoms with van der Waals surface area (Å²) in [6, 6.07) is -0.141. The number of likely N-dealkylation sites (tertiary alicyclic amines) is 1. The van der Waals surface area contributed by atoms with Gasteiger partial charge in [-0.1, -0.05) is 5.11 Å². The van der Waals surface area contributed by atoms with Crippen LogP contribution in [-0.2, 0) is 4.74 Å². The Bertz CT molecular complexity index is 535. The maximum Gasteiger partial charge on any atom is 0.362 e. The van der Waals surface area contributed by atoms with Crippen LogP contribution in [-0.4, -0.2) is 54.3 Å². The first-order valence-corrected chi connectivity index (χ1v) is 7.59. The molecule has 8 heteroatoms. The van der Waals surface area contributed by atoms with Crippen LogP contribution in [0.1, 0.15) is 26.7 Å². The first-order chi connectivity index (χ1) is 10.5. The molecule has 1 atom stereocenters. The van der Waals surface area contributed by atoms with Crippen molar-refractivity contribution in [2.24, 2.45) is 10.1 Å². The number of carbonyl (C=O) groups is 1. The largest absolute Gasteiger partial charge is 0.381 e. The van der Waals surface area contributed by atoms with Gasteiger partial charge in [-0.2, -0.15) is 5.53 Å². The Balaban J connectivity index is 1.72. The second-order valence-electron chi connectivity index (χ2n) is 6.30. The lowest BCUT2D eigenvalue weighted by molar-refractivity contribution is 0.0743. The number of hydrogen-bond acceptors (Lipinski definition) is 6. The van der Waals surface area contributed by atoms with Gasteiger partial charge in [0, 0.05) is 31.0 Å². The van der Waals surface area contributed by atoms with E-state index in [2.05, 4.69) is 20.7 Å². The fourth-order valence-electron chi connectivity index (χ4n) is 3.20. The molecule has 3 N–H and O–H groups in total. The number of rotatable bonds is 2. The minimum atomic E-state index is -0.531. The van der Waals surface area contributed by atoms with E-state index in [1.54, 1.807) is 4.90 Å². The number of urea groups is 1. The SMILES string of the molecule is CC1(C)C2=CNC(NC3CCOCC3)N=C2CN1C(=O)N=N. The maximum atomic E-state index is 11.8. The van der Waals surface area contributed by atoms with Gasteiger partial charge in [-0.05, 0) is 26.7 Å². The predicted octanol–water partition coefficient (Wildman–Crippen LogP) is 1.21. The van der Waals surface area contributed by atoms with Crippen molar-refractivity contribution in [2.45, 2.75) is 44.6 Å². The fraction of sp³-hybridized carbons (Fsp3) is 0.714. The Morgan fingerprint density at radius 2 is 2.27 bits per heavy atom. The molecular formula is C14H22N6O2. The highest BCUT2D eigenvalue weighted by molar-refractivity contribution is 6.08. The molecule has 0 spiro atoms. The van der Waals surface area contributed by atoms with Crippen molar-refractivity contribution in [2.75, 3.05) is 19.8 Å². The van der Waals surface area contributed by atoms with Crippen molar-refractivity contribution in [1.82, 2.24) is 15.5 Å². The molecule has 2 fully saturated rings. The third-order valence-electron chi connectivity index (χ3n) is 4.56. The number of hydrogen-bond donors (Lipinski definition) is 3. The van der Waals surface area contributed by atoms with E-state index in [0.29, 0.717) is 12.6 Å². The van der Waals surface area contributed by atoms with Crippen molar-refractivity contribution >= 4 is 11.7 Å². The van der Waals surface area contributed by atoms with Gasteiger partial charge in [-0.25, -0.2) is 9.79 Å². The first kappa shape index (κ1) is 15.1. The summed E-state index contributed by atoms with van der Waals surface area (Å²) in [5.41, 5.74) is 8.31. The number of ether oxygens (including phenoxy) is 1. The highest BCUT2D eigenvalue weighted by Crippen LogP contribution is 2.34. The van der Waals surface area contributed by atoms with Crippen molar-refractivity contribution < 1.29 is 9.53 Å². The average molecular weight is 306 g/mol. The monoisotopic (exact) mass is 306 g/mol. The van der Waals surface area contributed by atoms with Gasteiger partial charge in [-0.15, -0.1) is 0 Å². The van der Waals surface area contributed by atoms with Gasteiger partial charge in [0.1, 0.15) is 0 Å². The molecule has 22 heavy (non-hydrogen) atoms. The molecule has 0 aliphatic carbocycles. The lowest BCUT2D eigenvalue weighted by Gasteiger charge is -2.32. The summed E-state index contributed by atoms with van der Waals surface area (Å²) in [5, 5.41) is 9.76. The van der Waals surface area contributed by atoms with E-state index in [1.807, 2.05) is 20.0 Å². The zero-order valence-electron chi connectivity index (χ0n) is 12.9. The summed E-state index contributed by atoms with van der Waals surface area (Å²) in [5.74, 6) is 0. The van der Waals surface area contributed by atoms with Crippen LogP contribution in [0.3, 0.4) is 0 Å².